The van der Waals surface area contributed by atoms with Crippen LogP contribution >= 0.6 is 0 Å². The van der Waals surface area contributed by atoms with E-state index >= 15 is 0 Å². The Morgan fingerprint density at radius 3 is 2.47 bits per heavy atom. The largest absolute Gasteiger partial charge is 0.444 e. The minimum atomic E-state index is -1.96. The third kappa shape index (κ3) is 5.68. The monoisotopic (exact) mass is 492 g/mol. The summed E-state index contributed by atoms with van der Waals surface area (Å²) in [5, 5.41) is 13.8. The van der Waals surface area contributed by atoms with Gasteiger partial charge in [0, 0.05) is 24.6 Å². The molecule has 1 saturated heterocycles. The molecule has 1 aromatic heterocycles. The smallest absolute Gasteiger partial charge is 0.408 e. The molecule has 0 bridgehead atoms. The summed E-state index contributed by atoms with van der Waals surface area (Å²) in [6, 6.07) is -0.470. The number of carbonyl (C=O) groups is 1. The number of rotatable bonds is 4. The van der Waals surface area contributed by atoms with E-state index in [9.17, 15) is 9.90 Å². The van der Waals surface area contributed by atoms with Crippen LogP contribution in [0.5, 0.6) is 0 Å². The molecule has 1 unspecified atom stereocenters. The average Bonchev–Trinajstić information content (AvgIpc) is 3.04. The summed E-state index contributed by atoms with van der Waals surface area (Å²) >= 11 is 0. The molecule has 3 rings (SSSR count). The van der Waals surface area contributed by atoms with Crippen LogP contribution in [0.4, 0.5) is 16.2 Å². The number of fused-ring (bicyclic) bond motifs is 1. The van der Waals surface area contributed by atoms with Crippen molar-refractivity contribution in [3.8, 4) is 0 Å². The van der Waals surface area contributed by atoms with Gasteiger partial charge in [-0.05, 0) is 51.7 Å². The van der Waals surface area contributed by atoms with Crippen LogP contribution in [-0.2, 0) is 15.6 Å². The number of aromatic nitrogens is 1. The number of pyridine rings is 1. The summed E-state index contributed by atoms with van der Waals surface area (Å²) < 4.78 is 12.2. The molecule has 0 spiro atoms. The number of alkyl carbamates (subject to hydrolysis) is 1. The van der Waals surface area contributed by atoms with Crippen molar-refractivity contribution >= 4 is 25.8 Å². The zero-order valence-electron chi connectivity index (χ0n) is 22.4. The average molecular weight is 493 g/mol. The van der Waals surface area contributed by atoms with Crippen LogP contribution in [0.3, 0.4) is 0 Å². The van der Waals surface area contributed by atoms with Gasteiger partial charge in [-0.15, -0.1) is 0 Å². The molecule has 192 valence electrons. The van der Waals surface area contributed by atoms with Gasteiger partial charge in [0.1, 0.15) is 5.60 Å². The van der Waals surface area contributed by atoms with Crippen LogP contribution in [0.2, 0.25) is 18.1 Å². The van der Waals surface area contributed by atoms with E-state index in [0.717, 1.165) is 29.8 Å². The summed E-state index contributed by atoms with van der Waals surface area (Å²) in [5.74, 6) is -0.0578. The third-order valence-corrected chi connectivity index (χ3v) is 11.8. The molecule has 0 aromatic carbocycles. The summed E-state index contributed by atoms with van der Waals surface area (Å²) in [4.78, 5) is 19.3. The molecule has 9 heteroatoms. The highest BCUT2D eigenvalue weighted by Crippen LogP contribution is 2.46. The van der Waals surface area contributed by atoms with E-state index in [-0.39, 0.29) is 17.1 Å². The lowest BCUT2D eigenvalue weighted by Gasteiger charge is -2.42. The Morgan fingerprint density at radius 2 is 1.88 bits per heavy atom. The standard InChI is InChI=1S/C25H44N4O4Si/c1-15-13-29(14-18(22(15)30)28-23(31)32-24(2,3)4)21-16-10-11-19(20(16)27-12-17(21)26)33-34(8,9)25(5,6)7/h12,15,18-19,22,30H,10-11,13-14,26H2,1-9H3,(H,28,31)/t15-,18+,19?,22+/m0/s1. The van der Waals surface area contributed by atoms with Gasteiger partial charge in [0.2, 0.25) is 0 Å². The number of carbonyl (C=O) groups excluding carboxylic acids is 1. The van der Waals surface area contributed by atoms with Crippen LogP contribution in [0, 0.1) is 5.92 Å². The second-order valence-corrected chi connectivity index (χ2v) is 17.2. The lowest BCUT2D eigenvalue weighted by Crippen LogP contribution is -2.59. The fourth-order valence-electron chi connectivity index (χ4n) is 4.58. The first kappa shape index (κ1) is 26.8. The lowest BCUT2D eigenvalue weighted by molar-refractivity contribution is 0.0303. The molecular weight excluding hydrogens is 448 g/mol. The van der Waals surface area contributed by atoms with E-state index in [1.807, 2.05) is 27.7 Å². The molecule has 0 saturated carbocycles. The van der Waals surface area contributed by atoms with Gasteiger partial charge < -0.3 is 30.2 Å². The van der Waals surface area contributed by atoms with Crippen molar-refractivity contribution in [2.45, 2.75) is 103 Å². The molecule has 4 atom stereocenters. The maximum Gasteiger partial charge on any atom is 0.408 e. The van der Waals surface area contributed by atoms with Crippen molar-refractivity contribution in [2.24, 2.45) is 5.92 Å². The molecule has 2 heterocycles. The van der Waals surface area contributed by atoms with Crippen LogP contribution in [-0.4, -0.2) is 55.3 Å². The summed E-state index contributed by atoms with van der Waals surface area (Å²) in [7, 11) is -1.96. The molecule has 4 N–H and O–H groups in total. The number of nitrogens with one attached hydrogen (secondary N) is 1. The molecule has 0 radical (unpaired) electrons. The number of aliphatic hydroxyl groups excluding tert-OH is 1. The quantitative estimate of drug-likeness (QED) is 0.535. The van der Waals surface area contributed by atoms with Crippen LogP contribution in [0.25, 0.3) is 0 Å². The second-order valence-electron chi connectivity index (χ2n) is 12.5. The minimum Gasteiger partial charge on any atom is -0.444 e. The number of aliphatic hydroxyl groups is 1. The number of ether oxygens (including phenoxy) is 1. The number of piperidine rings is 1. The van der Waals surface area contributed by atoms with Crippen LogP contribution in [0.15, 0.2) is 6.20 Å². The Kier molecular flexibility index (Phi) is 7.33. The molecule has 34 heavy (non-hydrogen) atoms. The number of anilines is 2. The van der Waals surface area contributed by atoms with Crippen molar-refractivity contribution in [3.05, 3.63) is 17.5 Å². The predicted octanol–water partition coefficient (Wildman–Crippen LogP) is 4.38. The number of nitrogens with two attached hydrogens (primary N) is 1. The van der Waals surface area contributed by atoms with E-state index in [1.54, 1.807) is 6.20 Å². The lowest BCUT2D eigenvalue weighted by atomic mass is 9.91. The van der Waals surface area contributed by atoms with Gasteiger partial charge in [-0.25, -0.2) is 4.79 Å². The Balaban J connectivity index is 1.86. The first-order valence-electron chi connectivity index (χ1n) is 12.4. The molecule has 1 aromatic rings. The van der Waals surface area contributed by atoms with Crippen molar-refractivity contribution in [3.63, 3.8) is 0 Å². The van der Waals surface area contributed by atoms with E-state index in [0.29, 0.717) is 18.8 Å². The van der Waals surface area contributed by atoms with Crippen molar-refractivity contribution in [2.75, 3.05) is 23.7 Å². The fourth-order valence-corrected chi connectivity index (χ4v) is 5.87. The Bertz CT molecular complexity index is 909. The summed E-state index contributed by atoms with van der Waals surface area (Å²) in [6.07, 6.45) is 2.24. The molecule has 1 aliphatic carbocycles. The first-order valence-corrected chi connectivity index (χ1v) is 15.3. The van der Waals surface area contributed by atoms with E-state index in [1.165, 1.54) is 0 Å². The topological polar surface area (TPSA) is 110 Å². The molecule has 2 aliphatic rings. The second kappa shape index (κ2) is 9.31. The highest BCUT2D eigenvalue weighted by Gasteiger charge is 2.43. The SMILES string of the molecule is C[C@H]1CN(c2c(N)cnc3c2CCC3O[Si](C)(C)C(C)(C)C)C[C@@H](NC(=O)OC(C)(C)C)[C@@H]1O. The molecule has 1 amide bonds. The van der Waals surface area contributed by atoms with Gasteiger partial charge >= 0.3 is 6.09 Å². The van der Waals surface area contributed by atoms with Gasteiger partial charge in [-0.3, -0.25) is 4.98 Å². The van der Waals surface area contributed by atoms with Crippen molar-refractivity contribution < 1.29 is 19.1 Å². The zero-order valence-corrected chi connectivity index (χ0v) is 23.4. The highest BCUT2D eigenvalue weighted by molar-refractivity contribution is 6.74. The molecule has 1 fully saturated rings. The number of hydrogen-bond donors (Lipinski definition) is 3. The van der Waals surface area contributed by atoms with E-state index in [2.05, 4.69) is 44.1 Å². The Labute approximate surface area is 205 Å². The van der Waals surface area contributed by atoms with Crippen LogP contribution < -0.4 is 16.0 Å². The number of hydrogen-bond acceptors (Lipinski definition) is 7. The number of nitrogen functional groups attached to an aromatic ring is 1. The van der Waals surface area contributed by atoms with Gasteiger partial charge in [-0.2, -0.15) is 0 Å². The highest BCUT2D eigenvalue weighted by atomic mass is 28.4. The Morgan fingerprint density at radius 1 is 1.24 bits per heavy atom. The van der Waals surface area contributed by atoms with E-state index in [4.69, 9.17) is 19.9 Å². The van der Waals surface area contributed by atoms with Crippen molar-refractivity contribution in [1.82, 2.24) is 10.3 Å². The normalized spacial score (nSPS) is 25.8. The maximum absolute atomic E-state index is 12.4. The van der Waals surface area contributed by atoms with Gasteiger partial charge in [0.05, 0.1) is 41.5 Å². The minimum absolute atomic E-state index is 0.0290. The summed E-state index contributed by atoms with van der Waals surface area (Å²) in [6.45, 7) is 19.8. The molecule has 8 nitrogen and oxygen atoms in total. The van der Waals surface area contributed by atoms with Crippen molar-refractivity contribution in [1.29, 1.82) is 0 Å². The third-order valence-electron chi connectivity index (χ3n) is 7.35. The fraction of sp³-hybridized carbons (Fsp3) is 0.760. The zero-order chi connectivity index (χ0) is 25.6. The molecular formula is C25H44N4O4Si. The number of nitrogens with zero attached hydrogens (tertiary/aromatic N) is 2. The molecule has 1 aliphatic heterocycles. The van der Waals surface area contributed by atoms with E-state index < -0.39 is 32.2 Å². The van der Waals surface area contributed by atoms with Gasteiger partial charge in [0.25, 0.3) is 0 Å². The summed E-state index contributed by atoms with van der Waals surface area (Å²) in [5.41, 5.74) is 9.54. The first-order chi connectivity index (χ1) is 15.5. The Hall–Kier alpha value is -1.84. The predicted molar refractivity (Wildman–Crippen MR) is 139 cm³/mol. The maximum atomic E-state index is 12.4. The number of amides is 1. The van der Waals surface area contributed by atoms with Gasteiger partial charge in [0.15, 0.2) is 8.32 Å². The van der Waals surface area contributed by atoms with Gasteiger partial charge in [-0.1, -0.05) is 27.7 Å². The van der Waals surface area contributed by atoms with Crippen LogP contribution in [0.1, 0.15) is 72.2 Å².